The van der Waals surface area contributed by atoms with Crippen LogP contribution in [0.1, 0.15) is 19.3 Å². The van der Waals surface area contributed by atoms with Gasteiger partial charge in [-0.1, -0.05) is 36.4 Å². The van der Waals surface area contributed by atoms with Gasteiger partial charge >= 0.3 is 6.16 Å². The van der Waals surface area contributed by atoms with Crippen LogP contribution in [0.15, 0.2) is 60.7 Å². The Morgan fingerprint density at radius 3 is 1.15 bits per heavy atom. The van der Waals surface area contributed by atoms with Gasteiger partial charge in [-0.15, -0.1) is 0 Å². The predicted octanol–water partition coefficient (Wildman–Crippen LogP) is 3.90. The highest BCUT2D eigenvalue weighted by Crippen LogP contribution is 2.13. The molecule has 0 atom stereocenters. The zero-order chi connectivity index (χ0) is 29.2. The first-order valence-electron chi connectivity index (χ1n) is 14.3. The number of benzene rings is 2. The molecule has 2 aromatic rings. The maximum atomic E-state index is 11.3. The molecule has 1 saturated heterocycles. The van der Waals surface area contributed by atoms with E-state index in [1.807, 2.05) is 12.1 Å². The van der Waals surface area contributed by atoms with Crippen LogP contribution in [0.5, 0.6) is 11.5 Å². The van der Waals surface area contributed by atoms with Gasteiger partial charge in [0.1, 0.15) is 11.5 Å². The summed E-state index contributed by atoms with van der Waals surface area (Å²) in [5.74, 6) is 0.923. The summed E-state index contributed by atoms with van der Waals surface area (Å²) in [7, 11) is 13.0. The molecule has 0 spiro atoms. The number of carbonyl (C=O) groups excluding carboxylic acids is 1. The Morgan fingerprint density at radius 2 is 0.875 bits per heavy atom. The Morgan fingerprint density at radius 1 is 0.575 bits per heavy atom. The van der Waals surface area contributed by atoms with E-state index in [1.54, 1.807) is 48.5 Å². The van der Waals surface area contributed by atoms with Gasteiger partial charge in [0.15, 0.2) is 0 Å². The van der Waals surface area contributed by atoms with E-state index < -0.39 is 6.16 Å². The lowest BCUT2D eigenvalue weighted by Crippen LogP contribution is -2.55. The smallest absolute Gasteiger partial charge is 0.395 e. The lowest BCUT2D eigenvalue weighted by molar-refractivity contribution is -0.0320. The summed E-state index contributed by atoms with van der Waals surface area (Å²) in [5.41, 5.74) is 0. The SMILES string of the molecule is CN(C)CCCN1CN(CCCN(C)C)CN(CCCN(C)C)C1.O=C(Oc1ccccc1)Oc1ccccc1. The third kappa shape index (κ3) is 15.9. The first kappa shape index (κ1) is 33.7. The molecule has 0 amide bonds. The van der Waals surface area contributed by atoms with Crippen LogP contribution < -0.4 is 9.47 Å². The zero-order valence-electron chi connectivity index (χ0n) is 25.7. The minimum absolute atomic E-state index is 0.462. The fourth-order valence-electron chi connectivity index (χ4n) is 4.43. The number of hydrogen-bond acceptors (Lipinski definition) is 9. The Kier molecular flexibility index (Phi) is 16.4. The summed E-state index contributed by atoms with van der Waals surface area (Å²) < 4.78 is 9.91. The van der Waals surface area contributed by atoms with Crippen molar-refractivity contribution in [1.82, 2.24) is 29.4 Å². The maximum Gasteiger partial charge on any atom is 0.519 e. The second-order valence-corrected chi connectivity index (χ2v) is 11.2. The van der Waals surface area contributed by atoms with Crippen LogP contribution >= 0.6 is 0 Å². The fraction of sp³-hybridized carbons (Fsp3) is 0.581. The topological polar surface area (TPSA) is 55.0 Å². The van der Waals surface area contributed by atoms with Crippen LogP contribution in [0.3, 0.4) is 0 Å². The average Bonchev–Trinajstić information content (AvgIpc) is 2.89. The number of ether oxygens (including phenoxy) is 2. The summed E-state index contributed by atoms with van der Waals surface area (Å²) in [6, 6.07) is 17.6. The van der Waals surface area contributed by atoms with Gasteiger partial charge in [-0.05, 0) is 105 Å². The largest absolute Gasteiger partial charge is 0.519 e. The molecule has 0 bridgehead atoms. The lowest BCUT2D eigenvalue weighted by atomic mass is 10.3. The summed E-state index contributed by atoms with van der Waals surface area (Å²) in [6.45, 7) is 10.5. The van der Waals surface area contributed by atoms with E-state index in [2.05, 4.69) is 71.7 Å². The molecule has 0 N–H and O–H groups in total. The highest BCUT2D eigenvalue weighted by atomic mass is 16.7. The van der Waals surface area contributed by atoms with E-state index in [4.69, 9.17) is 9.47 Å². The molecule has 40 heavy (non-hydrogen) atoms. The molecule has 9 heteroatoms. The van der Waals surface area contributed by atoms with Crippen molar-refractivity contribution in [3.63, 3.8) is 0 Å². The summed E-state index contributed by atoms with van der Waals surface area (Å²) in [5, 5.41) is 0. The fourth-order valence-corrected chi connectivity index (χ4v) is 4.43. The Bertz CT molecular complexity index is 817. The van der Waals surface area contributed by atoms with Crippen molar-refractivity contribution in [2.75, 3.05) is 102 Å². The van der Waals surface area contributed by atoms with E-state index in [-0.39, 0.29) is 0 Å². The van der Waals surface area contributed by atoms with Crippen LogP contribution in [-0.4, -0.2) is 137 Å². The first-order valence-corrected chi connectivity index (χ1v) is 14.3. The van der Waals surface area contributed by atoms with E-state index in [9.17, 15) is 4.79 Å². The molecule has 1 aliphatic rings. The van der Waals surface area contributed by atoms with Gasteiger partial charge in [0.25, 0.3) is 0 Å². The van der Waals surface area contributed by atoms with Gasteiger partial charge in [0.2, 0.25) is 0 Å². The molecule has 0 saturated carbocycles. The van der Waals surface area contributed by atoms with Gasteiger partial charge in [0, 0.05) is 19.6 Å². The van der Waals surface area contributed by atoms with Crippen molar-refractivity contribution < 1.29 is 14.3 Å². The Hall–Kier alpha value is -2.53. The number of hydrogen-bond donors (Lipinski definition) is 0. The molecular weight excluding hydrogens is 504 g/mol. The van der Waals surface area contributed by atoms with Crippen molar-refractivity contribution >= 4 is 6.16 Å². The second-order valence-electron chi connectivity index (χ2n) is 11.2. The summed E-state index contributed by atoms with van der Waals surface area (Å²) in [6.07, 6.45) is 3.02. The second kappa shape index (κ2) is 19.5. The molecule has 1 fully saturated rings. The maximum absolute atomic E-state index is 11.3. The van der Waals surface area contributed by atoms with Gasteiger partial charge in [-0.25, -0.2) is 4.79 Å². The van der Waals surface area contributed by atoms with Crippen molar-refractivity contribution in [2.45, 2.75) is 19.3 Å². The van der Waals surface area contributed by atoms with Gasteiger partial charge in [0.05, 0.1) is 20.0 Å². The van der Waals surface area contributed by atoms with E-state index in [0.29, 0.717) is 11.5 Å². The van der Waals surface area contributed by atoms with Gasteiger partial charge in [-0.3, -0.25) is 14.7 Å². The standard InChI is InChI=1S/C18H42N6.C13H10O3/c1-19(2)10-7-13-22-16-23(14-8-11-20(3)4)18-24(17-22)15-9-12-21(5)6;14-13(15-11-7-3-1-4-8-11)16-12-9-5-2-6-10-12/h7-18H2,1-6H3;1-10H. The van der Waals surface area contributed by atoms with Crippen LogP contribution in [0.4, 0.5) is 4.79 Å². The quantitative estimate of drug-likeness (QED) is 0.255. The van der Waals surface area contributed by atoms with E-state index in [0.717, 1.165) is 20.0 Å². The molecule has 9 nitrogen and oxygen atoms in total. The molecule has 0 unspecified atom stereocenters. The highest BCUT2D eigenvalue weighted by Gasteiger charge is 2.22. The molecule has 0 aromatic heterocycles. The molecule has 2 aromatic carbocycles. The van der Waals surface area contributed by atoms with Crippen molar-refractivity contribution in [1.29, 1.82) is 0 Å². The Balaban J connectivity index is 0.000000302. The highest BCUT2D eigenvalue weighted by molar-refractivity contribution is 5.66. The molecule has 3 rings (SSSR count). The van der Waals surface area contributed by atoms with E-state index >= 15 is 0 Å². The van der Waals surface area contributed by atoms with Crippen LogP contribution in [0, 0.1) is 0 Å². The zero-order valence-corrected chi connectivity index (χ0v) is 25.7. The number of nitrogens with zero attached hydrogens (tertiary/aromatic N) is 6. The van der Waals surface area contributed by atoms with Crippen molar-refractivity contribution in [2.24, 2.45) is 0 Å². The van der Waals surface area contributed by atoms with Gasteiger partial charge in [-0.2, -0.15) is 0 Å². The predicted molar refractivity (Wildman–Crippen MR) is 164 cm³/mol. The van der Waals surface area contributed by atoms with Crippen LogP contribution in [0.25, 0.3) is 0 Å². The number of para-hydroxylation sites is 2. The number of carbonyl (C=O) groups is 1. The monoisotopic (exact) mass is 556 g/mol. The molecule has 0 aliphatic carbocycles. The van der Waals surface area contributed by atoms with Crippen LogP contribution in [-0.2, 0) is 0 Å². The van der Waals surface area contributed by atoms with Crippen molar-refractivity contribution in [3.8, 4) is 11.5 Å². The molecule has 0 radical (unpaired) electrons. The minimum atomic E-state index is -0.739. The van der Waals surface area contributed by atoms with E-state index in [1.165, 1.54) is 58.5 Å². The average molecular weight is 557 g/mol. The summed E-state index contributed by atoms with van der Waals surface area (Å²) in [4.78, 5) is 26.1. The third-order valence-corrected chi connectivity index (χ3v) is 6.33. The first-order chi connectivity index (χ1) is 19.2. The lowest BCUT2D eigenvalue weighted by Gasteiger charge is -2.42. The summed E-state index contributed by atoms with van der Waals surface area (Å²) >= 11 is 0. The van der Waals surface area contributed by atoms with Gasteiger partial charge < -0.3 is 24.2 Å². The molecule has 1 aliphatic heterocycles. The molecular formula is C31H52N6O3. The van der Waals surface area contributed by atoms with Crippen LogP contribution in [0.2, 0.25) is 0 Å². The normalized spacial score (nSPS) is 14.8. The molecule has 1 heterocycles. The minimum Gasteiger partial charge on any atom is -0.395 e. The Labute approximate surface area is 242 Å². The van der Waals surface area contributed by atoms with Crippen molar-refractivity contribution in [3.05, 3.63) is 60.7 Å². The molecule has 224 valence electrons. The number of rotatable bonds is 14. The third-order valence-electron chi connectivity index (χ3n) is 6.33.